The number of carbonyl (C=O) groups is 1. The van der Waals surface area contributed by atoms with E-state index in [-0.39, 0.29) is 11.9 Å². The van der Waals surface area contributed by atoms with Crippen molar-refractivity contribution in [2.24, 2.45) is 0 Å². The van der Waals surface area contributed by atoms with E-state index in [1.165, 1.54) is 25.7 Å². The molecule has 1 atom stereocenters. The van der Waals surface area contributed by atoms with E-state index in [1.54, 1.807) is 4.90 Å². The largest absolute Gasteiger partial charge is 0.338 e. The van der Waals surface area contributed by atoms with E-state index < -0.39 is 0 Å². The first-order valence-corrected chi connectivity index (χ1v) is 6.80. The van der Waals surface area contributed by atoms with Crippen molar-refractivity contribution in [3.05, 3.63) is 0 Å². The third-order valence-corrected chi connectivity index (χ3v) is 3.30. The smallest absolute Gasteiger partial charge is 0.278 e. The van der Waals surface area contributed by atoms with Crippen molar-refractivity contribution in [2.75, 3.05) is 19.6 Å². The third-order valence-electron chi connectivity index (χ3n) is 3.30. The van der Waals surface area contributed by atoms with Crippen molar-refractivity contribution < 1.29 is 10.1 Å². The van der Waals surface area contributed by atoms with Gasteiger partial charge < -0.3 is 10.2 Å². The molecular weight excluding hydrogens is 214 g/mol. The number of quaternary nitrogens is 1. The summed E-state index contributed by atoms with van der Waals surface area (Å²) < 4.78 is 0. The molecule has 4 nitrogen and oxygen atoms in total. The molecule has 0 aromatic carbocycles. The fourth-order valence-electron chi connectivity index (χ4n) is 2.26. The number of nitriles is 1. The van der Waals surface area contributed by atoms with Crippen molar-refractivity contribution >= 4 is 5.91 Å². The summed E-state index contributed by atoms with van der Waals surface area (Å²) in [6, 6.07) is 2.03. The van der Waals surface area contributed by atoms with Gasteiger partial charge in [0.25, 0.3) is 5.91 Å². The Hall–Kier alpha value is -1.08. The van der Waals surface area contributed by atoms with Crippen LogP contribution < -0.4 is 5.32 Å². The second kappa shape index (κ2) is 8.08. The summed E-state index contributed by atoms with van der Waals surface area (Å²) in [5, 5.41) is 11.0. The minimum Gasteiger partial charge on any atom is -0.338 e. The Balaban J connectivity index is 2.11. The van der Waals surface area contributed by atoms with Crippen LogP contribution in [-0.2, 0) is 4.79 Å². The lowest BCUT2D eigenvalue weighted by Crippen LogP contribution is -2.86. The summed E-state index contributed by atoms with van der Waals surface area (Å²) in [5.74, 6) is 0.129. The van der Waals surface area contributed by atoms with Gasteiger partial charge in [-0.05, 0) is 25.7 Å². The van der Waals surface area contributed by atoms with Gasteiger partial charge in [-0.15, -0.1) is 0 Å². The van der Waals surface area contributed by atoms with Gasteiger partial charge in [-0.1, -0.05) is 19.8 Å². The number of amides is 1. The second-order valence-electron chi connectivity index (χ2n) is 4.72. The summed E-state index contributed by atoms with van der Waals surface area (Å²) in [4.78, 5) is 13.6. The van der Waals surface area contributed by atoms with Crippen LogP contribution in [0, 0.1) is 11.3 Å². The van der Waals surface area contributed by atoms with E-state index in [9.17, 15) is 4.79 Å². The van der Waals surface area contributed by atoms with Crippen molar-refractivity contribution in [2.45, 2.75) is 51.5 Å². The average molecular weight is 238 g/mol. The summed E-state index contributed by atoms with van der Waals surface area (Å²) >= 11 is 0. The Bertz CT molecular complexity index is 272. The van der Waals surface area contributed by atoms with Crippen LogP contribution in [0.2, 0.25) is 0 Å². The Morgan fingerprint density at radius 3 is 3.00 bits per heavy atom. The first-order chi connectivity index (χ1) is 8.29. The summed E-state index contributed by atoms with van der Waals surface area (Å²) in [6.07, 6.45) is 6.79. The average Bonchev–Trinajstić information content (AvgIpc) is 2.81. The number of carbonyl (C=O) groups excluding carboxylic acids is 1. The molecule has 0 unspecified atom stereocenters. The molecule has 17 heavy (non-hydrogen) atoms. The van der Waals surface area contributed by atoms with Crippen LogP contribution in [0.15, 0.2) is 0 Å². The molecular formula is C13H24N3O+. The van der Waals surface area contributed by atoms with E-state index in [2.05, 4.69) is 18.3 Å². The predicted octanol–water partition coefficient (Wildman–Crippen LogP) is 0.645. The zero-order valence-electron chi connectivity index (χ0n) is 10.8. The maximum Gasteiger partial charge on any atom is 0.278 e. The zero-order valence-corrected chi connectivity index (χ0v) is 10.8. The maximum atomic E-state index is 11.8. The molecule has 0 aromatic rings. The van der Waals surface area contributed by atoms with Gasteiger partial charge in [-0.25, -0.2) is 0 Å². The molecule has 96 valence electrons. The number of hydrogen-bond acceptors (Lipinski definition) is 2. The first-order valence-electron chi connectivity index (χ1n) is 6.80. The monoisotopic (exact) mass is 238 g/mol. The lowest BCUT2D eigenvalue weighted by Gasteiger charge is -2.18. The zero-order chi connectivity index (χ0) is 12.5. The molecule has 1 fully saturated rings. The Kier molecular flexibility index (Phi) is 6.64. The van der Waals surface area contributed by atoms with E-state index in [0.29, 0.717) is 6.54 Å². The maximum absolute atomic E-state index is 11.8. The molecule has 1 saturated heterocycles. The molecule has 1 rings (SSSR count). The molecule has 0 aromatic heterocycles. The van der Waals surface area contributed by atoms with E-state index >= 15 is 0 Å². The van der Waals surface area contributed by atoms with E-state index in [4.69, 9.17) is 5.26 Å². The highest BCUT2D eigenvalue weighted by atomic mass is 16.2. The van der Waals surface area contributed by atoms with Gasteiger partial charge >= 0.3 is 0 Å². The van der Waals surface area contributed by atoms with E-state index in [0.717, 1.165) is 25.9 Å². The topological polar surface area (TPSA) is 60.7 Å². The lowest BCUT2D eigenvalue weighted by molar-refractivity contribution is -0.645. The van der Waals surface area contributed by atoms with Gasteiger partial charge in [0.2, 0.25) is 0 Å². The molecule has 1 amide bonds. The first kappa shape index (κ1) is 14.0. The van der Waals surface area contributed by atoms with Crippen LogP contribution in [0.3, 0.4) is 0 Å². The highest BCUT2D eigenvalue weighted by Crippen LogP contribution is 2.15. The van der Waals surface area contributed by atoms with Crippen LogP contribution in [0.1, 0.15) is 45.4 Å². The van der Waals surface area contributed by atoms with Crippen LogP contribution >= 0.6 is 0 Å². The quantitative estimate of drug-likeness (QED) is 0.662. The fraction of sp³-hybridized carbons (Fsp3) is 0.846. The molecule has 0 spiro atoms. The van der Waals surface area contributed by atoms with Gasteiger partial charge in [-0.2, -0.15) is 5.26 Å². The Morgan fingerprint density at radius 1 is 1.47 bits per heavy atom. The summed E-state index contributed by atoms with van der Waals surface area (Å²) in [5.41, 5.74) is 0. The molecule has 0 aliphatic carbocycles. The molecule has 1 heterocycles. The number of nitrogens with two attached hydrogens (primary N) is 1. The Labute approximate surface area is 104 Å². The standard InChI is InChI=1S/C13H23N3O/c1-2-3-4-5-8-15-11-13(17)16-9-6-7-12(16)10-14/h12,15H,2-9,11H2,1H3/p+1/t12-/m0/s1. The van der Waals surface area contributed by atoms with Gasteiger partial charge in [-0.3, -0.25) is 4.79 Å². The number of hydrogen-bond donors (Lipinski definition) is 1. The molecule has 2 N–H and O–H groups in total. The molecule has 1 aliphatic heterocycles. The number of rotatable bonds is 7. The van der Waals surface area contributed by atoms with Gasteiger partial charge in [0.1, 0.15) is 6.04 Å². The van der Waals surface area contributed by atoms with Crippen LogP contribution in [-0.4, -0.2) is 36.5 Å². The highest BCUT2D eigenvalue weighted by Gasteiger charge is 2.28. The minimum atomic E-state index is -0.170. The van der Waals surface area contributed by atoms with Crippen molar-refractivity contribution in [3.63, 3.8) is 0 Å². The number of unbranched alkanes of at least 4 members (excludes halogenated alkanes) is 3. The number of likely N-dealkylation sites (tertiary alicyclic amines) is 1. The highest BCUT2D eigenvalue weighted by molar-refractivity contribution is 5.78. The predicted molar refractivity (Wildman–Crippen MR) is 66.1 cm³/mol. The SMILES string of the molecule is CCCCCC[NH2+]CC(=O)N1CCC[C@H]1C#N. The van der Waals surface area contributed by atoms with Crippen molar-refractivity contribution in [3.8, 4) is 6.07 Å². The molecule has 0 bridgehead atoms. The van der Waals surface area contributed by atoms with Crippen LogP contribution in [0.25, 0.3) is 0 Å². The third kappa shape index (κ3) is 4.74. The van der Waals surface area contributed by atoms with Crippen LogP contribution in [0.5, 0.6) is 0 Å². The Morgan fingerprint density at radius 2 is 2.29 bits per heavy atom. The van der Waals surface area contributed by atoms with Gasteiger partial charge in [0, 0.05) is 6.54 Å². The van der Waals surface area contributed by atoms with Gasteiger partial charge in [0.15, 0.2) is 6.54 Å². The number of nitrogens with zero attached hydrogens (tertiary/aromatic N) is 2. The summed E-state index contributed by atoms with van der Waals surface area (Å²) in [6.45, 7) is 4.49. The fourth-order valence-corrected chi connectivity index (χ4v) is 2.26. The normalized spacial score (nSPS) is 19.3. The second-order valence-corrected chi connectivity index (χ2v) is 4.72. The molecule has 0 saturated carbocycles. The van der Waals surface area contributed by atoms with Crippen molar-refractivity contribution in [1.82, 2.24) is 4.90 Å². The summed E-state index contributed by atoms with van der Waals surface area (Å²) in [7, 11) is 0. The molecule has 0 radical (unpaired) electrons. The molecule has 4 heteroatoms. The minimum absolute atomic E-state index is 0.129. The van der Waals surface area contributed by atoms with Gasteiger partial charge in [0.05, 0.1) is 12.6 Å². The van der Waals surface area contributed by atoms with Crippen molar-refractivity contribution in [1.29, 1.82) is 5.26 Å². The van der Waals surface area contributed by atoms with E-state index in [1.807, 2.05) is 0 Å². The van der Waals surface area contributed by atoms with Crippen LogP contribution in [0.4, 0.5) is 0 Å². The lowest BCUT2D eigenvalue weighted by atomic mass is 10.2. The molecule has 1 aliphatic rings.